The lowest BCUT2D eigenvalue weighted by Gasteiger charge is -2.21. The Hall–Kier alpha value is -2.30. The number of benzene rings is 2. The smallest absolute Gasteiger partial charge is 0.219 e. The van der Waals surface area contributed by atoms with Crippen LogP contribution in [0.2, 0.25) is 5.02 Å². The number of ether oxygens (including phenoxy) is 1. The number of nitrogens with zero attached hydrogens (tertiary/aromatic N) is 1. The Kier molecular flexibility index (Phi) is 7.34. The minimum atomic E-state index is -0.191. The first-order valence-corrected chi connectivity index (χ1v) is 10.9. The van der Waals surface area contributed by atoms with Gasteiger partial charge in [-0.15, -0.1) is 0 Å². The Bertz CT molecular complexity index is 945. The van der Waals surface area contributed by atoms with Gasteiger partial charge in [0.05, 0.1) is 16.9 Å². The average Bonchev–Trinajstić information content (AvgIpc) is 2.70. The van der Waals surface area contributed by atoms with E-state index in [1.54, 1.807) is 0 Å². The molecule has 150 valence electrons. The average molecular weight is 426 g/mol. The van der Waals surface area contributed by atoms with Crippen LogP contribution in [0.5, 0.6) is 11.6 Å². The molecule has 0 aliphatic heterocycles. The first-order valence-electron chi connectivity index (χ1n) is 9.60. The van der Waals surface area contributed by atoms with Crippen molar-refractivity contribution in [1.82, 2.24) is 4.98 Å². The molecule has 0 fully saturated rings. The molecule has 0 spiro atoms. The largest absolute Gasteiger partial charge is 0.439 e. The van der Waals surface area contributed by atoms with Gasteiger partial charge < -0.3 is 4.74 Å². The van der Waals surface area contributed by atoms with Gasteiger partial charge in [-0.25, -0.2) is 4.98 Å². The van der Waals surface area contributed by atoms with E-state index < -0.39 is 0 Å². The van der Waals surface area contributed by atoms with Gasteiger partial charge in [0.1, 0.15) is 5.75 Å². The molecule has 2 atom stereocenters. The molecule has 3 aromatic rings. The van der Waals surface area contributed by atoms with Crippen molar-refractivity contribution in [3.63, 3.8) is 0 Å². The molecular weight excluding hydrogens is 402 g/mol. The van der Waals surface area contributed by atoms with Crippen LogP contribution in [0.15, 0.2) is 72.8 Å². The number of rotatable bonds is 7. The quantitative estimate of drug-likeness (QED) is 0.398. The summed E-state index contributed by atoms with van der Waals surface area (Å²) in [5, 5.41) is 0.713. The van der Waals surface area contributed by atoms with Crippen LogP contribution < -0.4 is 4.74 Å². The molecule has 0 saturated carbocycles. The van der Waals surface area contributed by atoms with E-state index in [4.69, 9.17) is 16.3 Å². The molecule has 0 saturated heterocycles. The van der Waals surface area contributed by atoms with Gasteiger partial charge in [-0.05, 0) is 48.7 Å². The van der Waals surface area contributed by atoms with E-state index in [2.05, 4.69) is 18.8 Å². The molecule has 0 bridgehead atoms. The van der Waals surface area contributed by atoms with Crippen molar-refractivity contribution in [3.8, 4) is 11.6 Å². The molecule has 1 aromatic heterocycles. The lowest BCUT2D eigenvalue weighted by atomic mass is 9.90. The van der Waals surface area contributed by atoms with E-state index in [9.17, 15) is 4.79 Å². The predicted octanol–water partition coefficient (Wildman–Crippen LogP) is 7.29. The van der Waals surface area contributed by atoms with Gasteiger partial charge in [-0.2, -0.15) is 0 Å². The summed E-state index contributed by atoms with van der Waals surface area (Å²) < 4.78 is 5.82. The number of carbonyl (C=O) groups is 1. The fraction of sp³-hybridized carbons (Fsp3) is 0.250. The number of pyridine rings is 1. The van der Waals surface area contributed by atoms with E-state index in [1.165, 1.54) is 11.8 Å². The second-order valence-electron chi connectivity index (χ2n) is 7.17. The fourth-order valence-corrected chi connectivity index (χ4v) is 4.38. The van der Waals surface area contributed by atoms with Crippen LogP contribution in [0.1, 0.15) is 43.2 Å². The summed E-state index contributed by atoms with van der Waals surface area (Å²) in [7, 11) is 0. The van der Waals surface area contributed by atoms with Crippen LogP contribution in [0, 0.1) is 5.92 Å². The van der Waals surface area contributed by atoms with Crippen LogP contribution in [0.25, 0.3) is 0 Å². The number of hydrogen-bond donors (Lipinski definition) is 0. The lowest BCUT2D eigenvalue weighted by molar-refractivity contribution is -0.113. The maximum atomic E-state index is 13.1. The normalized spacial score (nSPS) is 13.1. The molecule has 2 unspecified atom stereocenters. The zero-order valence-corrected chi connectivity index (χ0v) is 18.3. The monoisotopic (exact) mass is 425 g/mol. The van der Waals surface area contributed by atoms with Crippen molar-refractivity contribution < 1.29 is 9.53 Å². The minimum Gasteiger partial charge on any atom is -0.439 e. The molecule has 3 nitrogen and oxygen atoms in total. The van der Waals surface area contributed by atoms with Gasteiger partial charge in [0.25, 0.3) is 0 Å². The molecular formula is C24H24ClNO2S. The van der Waals surface area contributed by atoms with Crippen molar-refractivity contribution >= 4 is 28.5 Å². The number of para-hydroxylation sites is 1. The summed E-state index contributed by atoms with van der Waals surface area (Å²) >= 11 is 7.32. The fourth-order valence-electron chi connectivity index (χ4n) is 3.09. The summed E-state index contributed by atoms with van der Waals surface area (Å²) in [6.07, 6.45) is 0. The van der Waals surface area contributed by atoms with Gasteiger partial charge in [0.2, 0.25) is 5.88 Å². The Morgan fingerprint density at radius 1 is 0.931 bits per heavy atom. The van der Waals surface area contributed by atoms with Gasteiger partial charge in [-0.1, -0.05) is 73.6 Å². The van der Waals surface area contributed by atoms with Crippen LogP contribution in [-0.2, 0) is 4.79 Å². The highest BCUT2D eigenvalue weighted by atomic mass is 35.5. The van der Waals surface area contributed by atoms with Crippen LogP contribution >= 0.6 is 23.4 Å². The molecule has 2 aromatic carbocycles. The highest BCUT2D eigenvalue weighted by molar-refractivity contribution is 8.13. The summed E-state index contributed by atoms with van der Waals surface area (Å²) in [5.74, 6) is 1.25. The van der Waals surface area contributed by atoms with Crippen molar-refractivity contribution in [1.29, 1.82) is 0 Å². The third-order valence-electron chi connectivity index (χ3n) is 4.57. The molecule has 29 heavy (non-hydrogen) atoms. The highest BCUT2D eigenvalue weighted by Crippen LogP contribution is 2.37. The minimum absolute atomic E-state index is 0.0876. The van der Waals surface area contributed by atoms with E-state index in [0.717, 1.165) is 17.0 Å². The number of hydrogen-bond acceptors (Lipinski definition) is 4. The highest BCUT2D eigenvalue weighted by Gasteiger charge is 2.27. The topological polar surface area (TPSA) is 39.2 Å². The molecule has 0 amide bonds. The van der Waals surface area contributed by atoms with Crippen LogP contribution in [0.3, 0.4) is 0 Å². The Morgan fingerprint density at radius 2 is 1.62 bits per heavy atom. The lowest BCUT2D eigenvalue weighted by Crippen LogP contribution is -2.16. The standard InChI is InChI=1S/C24H24ClNO2S/c1-16(2)23(18-12-14-19(25)15-13-18)24(27)29-17(3)21-10-7-11-22(26-21)28-20-8-5-4-6-9-20/h4-17,23H,1-3H3. The zero-order valence-electron chi connectivity index (χ0n) is 16.7. The number of carbonyl (C=O) groups excluding carboxylic acids is 1. The van der Waals surface area contributed by atoms with Gasteiger partial charge in [0.15, 0.2) is 5.12 Å². The first kappa shape index (κ1) is 21.4. The molecule has 5 heteroatoms. The zero-order chi connectivity index (χ0) is 20.8. The third-order valence-corrected chi connectivity index (χ3v) is 5.90. The molecule has 0 aliphatic carbocycles. The molecule has 1 heterocycles. The van der Waals surface area contributed by atoms with Gasteiger partial charge in [0, 0.05) is 11.1 Å². The van der Waals surface area contributed by atoms with Crippen molar-refractivity contribution in [2.45, 2.75) is 31.9 Å². The van der Waals surface area contributed by atoms with Gasteiger partial charge in [-0.3, -0.25) is 4.79 Å². The number of aromatic nitrogens is 1. The Balaban J connectivity index is 1.73. The summed E-state index contributed by atoms with van der Waals surface area (Å²) in [4.78, 5) is 17.7. The SMILES string of the molecule is CC(SC(=O)C(c1ccc(Cl)cc1)C(C)C)c1cccc(Oc2ccccc2)n1. The van der Waals surface area contributed by atoms with Crippen molar-refractivity contribution in [2.24, 2.45) is 5.92 Å². The second-order valence-corrected chi connectivity index (χ2v) is 8.95. The first-order chi connectivity index (χ1) is 13.9. The summed E-state index contributed by atoms with van der Waals surface area (Å²) in [6, 6.07) is 22.7. The van der Waals surface area contributed by atoms with Gasteiger partial charge >= 0.3 is 0 Å². The maximum absolute atomic E-state index is 13.1. The Labute approximate surface area is 181 Å². The van der Waals surface area contributed by atoms with E-state index in [-0.39, 0.29) is 22.2 Å². The Morgan fingerprint density at radius 3 is 2.28 bits per heavy atom. The number of thioether (sulfide) groups is 1. The van der Waals surface area contributed by atoms with Crippen molar-refractivity contribution in [3.05, 3.63) is 89.1 Å². The van der Waals surface area contributed by atoms with Crippen molar-refractivity contribution in [2.75, 3.05) is 0 Å². The number of halogens is 1. The van der Waals surface area contributed by atoms with E-state index in [0.29, 0.717) is 10.9 Å². The molecule has 3 rings (SSSR count). The molecule has 0 aliphatic rings. The maximum Gasteiger partial charge on any atom is 0.219 e. The molecule has 0 radical (unpaired) electrons. The van der Waals surface area contributed by atoms with E-state index >= 15 is 0 Å². The van der Waals surface area contributed by atoms with Crippen LogP contribution in [-0.4, -0.2) is 10.1 Å². The summed E-state index contributed by atoms with van der Waals surface area (Å²) in [6.45, 7) is 6.13. The second kappa shape index (κ2) is 9.95. The third kappa shape index (κ3) is 5.84. The predicted molar refractivity (Wildman–Crippen MR) is 121 cm³/mol. The van der Waals surface area contributed by atoms with Crippen LogP contribution in [0.4, 0.5) is 0 Å². The van der Waals surface area contributed by atoms with E-state index in [1.807, 2.05) is 79.7 Å². The summed E-state index contributed by atoms with van der Waals surface area (Å²) in [5.41, 5.74) is 1.80. The molecule has 0 N–H and O–H groups in total.